The number of amides is 1. The van der Waals surface area contributed by atoms with Crippen molar-refractivity contribution in [2.45, 2.75) is 46.2 Å². The van der Waals surface area contributed by atoms with Crippen molar-refractivity contribution in [1.82, 2.24) is 19.4 Å². The Bertz CT molecular complexity index is 1010. The number of imidazole rings is 1. The quantitative estimate of drug-likeness (QED) is 0.611. The number of carbonyl (C=O) groups excluding carboxylic acids is 1. The highest BCUT2D eigenvalue weighted by Crippen LogP contribution is 2.26. The van der Waals surface area contributed by atoms with E-state index in [1.54, 1.807) is 7.11 Å². The summed E-state index contributed by atoms with van der Waals surface area (Å²) in [6, 6.07) is 10.1. The number of rotatable bonds is 7. The smallest absolute Gasteiger partial charge is 0.223 e. The zero-order valence-corrected chi connectivity index (χ0v) is 17.4. The van der Waals surface area contributed by atoms with Gasteiger partial charge >= 0.3 is 0 Å². The third-order valence-corrected chi connectivity index (χ3v) is 5.64. The molecule has 0 saturated carbocycles. The SMILES string of the molecule is CCCC1CC(=O)N(Cc2cc(C)nc3c2ncn3Cc2ccc(OC)cc2)C1. The minimum absolute atomic E-state index is 0.253. The number of carbonyl (C=O) groups is 1. The third-order valence-electron chi connectivity index (χ3n) is 5.64. The van der Waals surface area contributed by atoms with Crippen LogP contribution in [0.1, 0.15) is 43.0 Å². The van der Waals surface area contributed by atoms with Gasteiger partial charge in [-0.3, -0.25) is 4.79 Å². The molecule has 1 fully saturated rings. The number of nitrogens with zero attached hydrogens (tertiary/aromatic N) is 4. The second-order valence-electron chi connectivity index (χ2n) is 7.95. The number of likely N-dealkylation sites (tertiary alicyclic amines) is 1. The summed E-state index contributed by atoms with van der Waals surface area (Å²) in [5.41, 5.74) is 4.93. The second-order valence-corrected chi connectivity index (χ2v) is 7.95. The van der Waals surface area contributed by atoms with Crippen molar-refractivity contribution in [3.8, 4) is 5.75 Å². The van der Waals surface area contributed by atoms with Gasteiger partial charge in [0.1, 0.15) is 11.3 Å². The Kier molecular flexibility index (Phi) is 5.51. The molecule has 152 valence electrons. The van der Waals surface area contributed by atoms with Gasteiger partial charge in [0, 0.05) is 30.8 Å². The van der Waals surface area contributed by atoms with Crippen LogP contribution in [0.5, 0.6) is 5.75 Å². The van der Waals surface area contributed by atoms with Crippen molar-refractivity contribution in [3.05, 3.63) is 53.5 Å². The Hall–Kier alpha value is -2.89. The van der Waals surface area contributed by atoms with Gasteiger partial charge in [-0.2, -0.15) is 0 Å². The summed E-state index contributed by atoms with van der Waals surface area (Å²) in [5, 5.41) is 0. The monoisotopic (exact) mass is 392 g/mol. The van der Waals surface area contributed by atoms with Gasteiger partial charge in [-0.25, -0.2) is 9.97 Å². The van der Waals surface area contributed by atoms with Crippen LogP contribution in [-0.4, -0.2) is 39.0 Å². The topological polar surface area (TPSA) is 60.2 Å². The van der Waals surface area contributed by atoms with Gasteiger partial charge in [-0.15, -0.1) is 0 Å². The fraction of sp³-hybridized carbons (Fsp3) is 0.435. The lowest BCUT2D eigenvalue weighted by Gasteiger charge is -2.17. The van der Waals surface area contributed by atoms with Crippen molar-refractivity contribution < 1.29 is 9.53 Å². The molecule has 0 bridgehead atoms. The Morgan fingerprint density at radius 2 is 2.00 bits per heavy atom. The summed E-state index contributed by atoms with van der Waals surface area (Å²) in [5.74, 6) is 1.58. The van der Waals surface area contributed by atoms with E-state index in [0.29, 0.717) is 25.4 Å². The van der Waals surface area contributed by atoms with Crippen LogP contribution >= 0.6 is 0 Å². The summed E-state index contributed by atoms with van der Waals surface area (Å²) in [4.78, 5) is 23.8. The van der Waals surface area contributed by atoms with Gasteiger partial charge in [-0.1, -0.05) is 25.5 Å². The van der Waals surface area contributed by atoms with Gasteiger partial charge in [0.2, 0.25) is 5.91 Å². The first-order chi connectivity index (χ1) is 14.1. The summed E-state index contributed by atoms with van der Waals surface area (Å²) < 4.78 is 7.31. The van der Waals surface area contributed by atoms with E-state index in [0.717, 1.165) is 53.1 Å². The number of aryl methyl sites for hydroxylation is 1. The summed E-state index contributed by atoms with van der Waals surface area (Å²) in [6.45, 7) is 6.33. The molecule has 1 amide bonds. The predicted octanol–water partition coefficient (Wildman–Crippen LogP) is 3.95. The van der Waals surface area contributed by atoms with Crippen LogP contribution in [0.25, 0.3) is 11.2 Å². The van der Waals surface area contributed by atoms with Gasteiger partial charge in [0.05, 0.1) is 20.0 Å². The molecule has 0 N–H and O–H groups in total. The Morgan fingerprint density at radius 1 is 1.21 bits per heavy atom. The molecule has 29 heavy (non-hydrogen) atoms. The average Bonchev–Trinajstić information content (AvgIpc) is 3.26. The summed E-state index contributed by atoms with van der Waals surface area (Å²) >= 11 is 0. The average molecular weight is 393 g/mol. The molecule has 1 aromatic carbocycles. The van der Waals surface area contributed by atoms with Crippen LogP contribution < -0.4 is 4.74 Å². The lowest BCUT2D eigenvalue weighted by molar-refractivity contribution is -0.128. The zero-order valence-electron chi connectivity index (χ0n) is 17.4. The molecule has 1 aliphatic rings. The third kappa shape index (κ3) is 4.11. The van der Waals surface area contributed by atoms with Crippen LogP contribution in [0, 0.1) is 12.8 Å². The van der Waals surface area contributed by atoms with Crippen LogP contribution in [-0.2, 0) is 17.9 Å². The van der Waals surface area contributed by atoms with Crippen molar-refractivity contribution in [2.75, 3.05) is 13.7 Å². The van der Waals surface area contributed by atoms with Gasteiger partial charge in [0.25, 0.3) is 0 Å². The fourth-order valence-corrected chi connectivity index (χ4v) is 4.22. The molecule has 4 rings (SSSR count). The normalized spacial score (nSPS) is 16.7. The van der Waals surface area contributed by atoms with E-state index in [-0.39, 0.29) is 5.91 Å². The van der Waals surface area contributed by atoms with Gasteiger partial charge in [0.15, 0.2) is 5.65 Å². The number of fused-ring (bicyclic) bond motifs is 1. The second kappa shape index (κ2) is 8.23. The molecule has 1 unspecified atom stereocenters. The molecule has 0 aliphatic carbocycles. The molecule has 1 aliphatic heterocycles. The zero-order chi connectivity index (χ0) is 20.4. The lowest BCUT2D eigenvalue weighted by atomic mass is 10.0. The molecule has 6 heteroatoms. The number of pyridine rings is 1. The largest absolute Gasteiger partial charge is 0.497 e. The molecule has 1 atom stereocenters. The van der Waals surface area contributed by atoms with Gasteiger partial charge < -0.3 is 14.2 Å². The molecular weight excluding hydrogens is 364 g/mol. The van der Waals surface area contributed by atoms with Gasteiger partial charge in [-0.05, 0) is 43.0 Å². The van der Waals surface area contributed by atoms with E-state index in [2.05, 4.69) is 34.7 Å². The Labute approximate surface area is 171 Å². The summed E-state index contributed by atoms with van der Waals surface area (Å²) in [6.07, 6.45) is 4.76. The molecule has 3 aromatic rings. The molecule has 1 saturated heterocycles. The highest BCUT2D eigenvalue weighted by Gasteiger charge is 2.29. The first kappa shape index (κ1) is 19.4. The standard InChI is InChI=1S/C23H28N4O2/c1-4-5-18-11-21(28)26(13-18)14-19-10-16(2)25-23-22(19)24-15-27(23)12-17-6-8-20(29-3)9-7-17/h6-10,15,18H,4-5,11-14H2,1-3H3. The molecule has 6 nitrogen and oxygen atoms in total. The maximum absolute atomic E-state index is 12.5. The lowest BCUT2D eigenvalue weighted by Crippen LogP contribution is -2.25. The maximum Gasteiger partial charge on any atom is 0.223 e. The molecule has 3 heterocycles. The number of aromatic nitrogens is 3. The predicted molar refractivity (Wildman–Crippen MR) is 113 cm³/mol. The van der Waals surface area contributed by atoms with Crippen LogP contribution in [0.3, 0.4) is 0 Å². The number of benzene rings is 1. The van der Waals surface area contributed by atoms with E-state index in [1.165, 1.54) is 0 Å². The van der Waals surface area contributed by atoms with Crippen LogP contribution in [0.4, 0.5) is 0 Å². The Morgan fingerprint density at radius 3 is 2.72 bits per heavy atom. The first-order valence-electron chi connectivity index (χ1n) is 10.3. The van der Waals surface area contributed by atoms with Crippen molar-refractivity contribution >= 4 is 17.1 Å². The molecular formula is C23H28N4O2. The number of hydrogen-bond acceptors (Lipinski definition) is 4. The first-order valence-corrected chi connectivity index (χ1v) is 10.3. The van der Waals surface area contributed by atoms with E-state index >= 15 is 0 Å². The highest BCUT2D eigenvalue weighted by molar-refractivity contribution is 5.80. The van der Waals surface area contributed by atoms with Crippen molar-refractivity contribution in [1.29, 1.82) is 0 Å². The van der Waals surface area contributed by atoms with E-state index in [9.17, 15) is 4.79 Å². The number of ether oxygens (including phenoxy) is 1. The maximum atomic E-state index is 12.5. The Balaban J connectivity index is 1.59. The van der Waals surface area contributed by atoms with Crippen molar-refractivity contribution in [2.24, 2.45) is 5.92 Å². The molecule has 0 radical (unpaired) electrons. The van der Waals surface area contributed by atoms with Crippen molar-refractivity contribution in [3.63, 3.8) is 0 Å². The minimum Gasteiger partial charge on any atom is -0.497 e. The van der Waals surface area contributed by atoms with Crippen LogP contribution in [0.15, 0.2) is 36.7 Å². The fourth-order valence-electron chi connectivity index (χ4n) is 4.22. The van der Waals surface area contributed by atoms with Crippen LogP contribution in [0.2, 0.25) is 0 Å². The number of hydrogen-bond donors (Lipinski definition) is 0. The molecule has 0 spiro atoms. The number of methoxy groups -OCH3 is 1. The summed E-state index contributed by atoms with van der Waals surface area (Å²) in [7, 11) is 1.67. The molecule has 2 aromatic heterocycles. The van der Waals surface area contributed by atoms with E-state index in [1.807, 2.05) is 30.3 Å². The minimum atomic E-state index is 0.253. The highest BCUT2D eigenvalue weighted by atomic mass is 16.5. The van der Waals surface area contributed by atoms with E-state index in [4.69, 9.17) is 9.72 Å². The van der Waals surface area contributed by atoms with E-state index < -0.39 is 0 Å².